The van der Waals surface area contributed by atoms with Crippen molar-refractivity contribution in [2.24, 2.45) is 0 Å². The number of aliphatic carboxylic acids is 1. The van der Waals surface area contributed by atoms with Crippen molar-refractivity contribution >= 4 is 5.97 Å². The Bertz CT molecular complexity index is 303. The Morgan fingerprint density at radius 2 is 2.00 bits per heavy atom. The molecule has 3 nitrogen and oxygen atoms in total. The van der Waals surface area contributed by atoms with Crippen LogP contribution in [0, 0.1) is 0 Å². The van der Waals surface area contributed by atoms with E-state index in [1.165, 1.54) is 0 Å². The molecule has 1 aromatic rings. The van der Waals surface area contributed by atoms with Gasteiger partial charge in [0.1, 0.15) is 5.75 Å². The van der Waals surface area contributed by atoms with Crippen LogP contribution in [0.25, 0.3) is 0 Å². The van der Waals surface area contributed by atoms with Gasteiger partial charge in [0, 0.05) is 0 Å². The van der Waals surface area contributed by atoms with Crippen molar-refractivity contribution in [2.75, 3.05) is 7.11 Å². The van der Waals surface area contributed by atoms with Gasteiger partial charge in [0.15, 0.2) is 0 Å². The molecule has 0 radical (unpaired) electrons. The van der Waals surface area contributed by atoms with E-state index in [4.69, 9.17) is 9.84 Å². The average Bonchev–Trinajstić information content (AvgIpc) is 2.19. The van der Waals surface area contributed by atoms with E-state index in [0.29, 0.717) is 6.42 Å². The molecule has 0 spiro atoms. The zero-order valence-electron chi connectivity index (χ0n) is 8.36. The van der Waals surface area contributed by atoms with Crippen LogP contribution in [0.2, 0.25) is 0 Å². The largest absolute Gasteiger partial charge is 0.497 e. The van der Waals surface area contributed by atoms with Crippen LogP contribution >= 0.6 is 0 Å². The molecular weight excluding hydrogens is 180 g/mol. The summed E-state index contributed by atoms with van der Waals surface area (Å²) in [7, 11) is 1.59. The van der Waals surface area contributed by atoms with Gasteiger partial charge in [-0.2, -0.15) is 0 Å². The van der Waals surface area contributed by atoms with Crippen molar-refractivity contribution in [1.82, 2.24) is 0 Å². The van der Waals surface area contributed by atoms with Gasteiger partial charge in [0.25, 0.3) is 0 Å². The number of carboxylic acids is 1. The second-order valence-electron chi connectivity index (χ2n) is 3.07. The summed E-state index contributed by atoms with van der Waals surface area (Å²) in [6.45, 7) is 1.86. The minimum Gasteiger partial charge on any atom is -0.497 e. The Morgan fingerprint density at radius 3 is 2.36 bits per heavy atom. The molecule has 1 aromatic carbocycles. The highest BCUT2D eigenvalue weighted by atomic mass is 16.5. The standard InChI is InChI=1S/C11H14O3/c1-3-10(11(12)13)8-4-6-9(14-2)7-5-8/h4-7,10H,3H2,1-2H3,(H,12,13)/t10-/m1/s1. The van der Waals surface area contributed by atoms with Crippen LogP contribution < -0.4 is 4.74 Å². The Morgan fingerprint density at radius 1 is 1.43 bits per heavy atom. The zero-order chi connectivity index (χ0) is 10.6. The number of rotatable bonds is 4. The van der Waals surface area contributed by atoms with Crippen LogP contribution in [0.3, 0.4) is 0 Å². The van der Waals surface area contributed by atoms with Gasteiger partial charge < -0.3 is 9.84 Å². The lowest BCUT2D eigenvalue weighted by atomic mass is 9.97. The van der Waals surface area contributed by atoms with Crippen molar-refractivity contribution in [1.29, 1.82) is 0 Å². The first-order chi connectivity index (χ1) is 6.69. The molecule has 0 fully saturated rings. The molecule has 1 atom stereocenters. The predicted molar refractivity (Wildman–Crippen MR) is 53.7 cm³/mol. The van der Waals surface area contributed by atoms with Crippen molar-refractivity contribution in [3.05, 3.63) is 29.8 Å². The fourth-order valence-corrected chi connectivity index (χ4v) is 1.39. The van der Waals surface area contributed by atoms with Gasteiger partial charge in [-0.05, 0) is 24.1 Å². The smallest absolute Gasteiger partial charge is 0.310 e. The minimum atomic E-state index is -0.780. The van der Waals surface area contributed by atoms with E-state index in [2.05, 4.69) is 0 Å². The molecule has 0 aliphatic heterocycles. The van der Waals surface area contributed by atoms with Crippen LogP contribution in [0.15, 0.2) is 24.3 Å². The molecule has 0 saturated heterocycles. The first-order valence-corrected chi connectivity index (χ1v) is 4.55. The van der Waals surface area contributed by atoms with Gasteiger partial charge in [-0.1, -0.05) is 19.1 Å². The number of carboxylic acid groups (broad SMARTS) is 1. The third-order valence-corrected chi connectivity index (χ3v) is 2.22. The summed E-state index contributed by atoms with van der Waals surface area (Å²) in [6, 6.07) is 7.14. The van der Waals surface area contributed by atoms with Gasteiger partial charge in [-0.3, -0.25) is 4.79 Å². The Hall–Kier alpha value is -1.51. The van der Waals surface area contributed by atoms with E-state index in [1.807, 2.05) is 6.92 Å². The van der Waals surface area contributed by atoms with Gasteiger partial charge in [-0.15, -0.1) is 0 Å². The number of benzene rings is 1. The SMILES string of the molecule is CC[C@@H](C(=O)O)c1ccc(OC)cc1. The highest BCUT2D eigenvalue weighted by molar-refractivity contribution is 5.76. The normalized spacial score (nSPS) is 12.1. The van der Waals surface area contributed by atoms with Crippen LogP contribution in [-0.4, -0.2) is 18.2 Å². The topological polar surface area (TPSA) is 46.5 Å². The van der Waals surface area contributed by atoms with Crippen LogP contribution in [0.4, 0.5) is 0 Å². The lowest BCUT2D eigenvalue weighted by molar-refractivity contribution is -0.138. The second kappa shape index (κ2) is 4.65. The van der Waals surface area contributed by atoms with Crippen molar-refractivity contribution in [2.45, 2.75) is 19.3 Å². The average molecular weight is 194 g/mol. The Labute approximate surface area is 83.3 Å². The molecule has 0 amide bonds. The minimum absolute atomic E-state index is 0.416. The third kappa shape index (κ3) is 2.25. The van der Waals surface area contributed by atoms with E-state index >= 15 is 0 Å². The first-order valence-electron chi connectivity index (χ1n) is 4.55. The van der Waals surface area contributed by atoms with Gasteiger partial charge >= 0.3 is 5.97 Å². The molecule has 0 saturated carbocycles. The lowest BCUT2D eigenvalue weighted by Gasteiger charge is -2.10. The molecule has 0 aliphatic rings. The van der Waals surface area contributed by atoms with Gasteiger partial charge in [0.2, 0.25) is 0 Å². The molecule has 0 unspecified atom stereocenters. The molecule has 0 aliphatic carbocycles. The maximum atomic E-state index is 10.9. The number of hydrogen-bond acceptors (Lipinski definition) is 2. The molecular formula is C11H14O3. The van der Waals surface area contributed by atoms with Crippen molar-refractivity contribution in [3.63, 3.8) is 0 Å². The fraction of sp³-hybridized carbons (Fsp3) is 0.364. The van der Waals surface area contributed by atoms with E-state index in [9.17, 15) is 4.79 Å². The first kappa shape index (κ1) is 10.6. The molecule has 76 valence electrons. The maximum Gasteiger partial charge on any atom is 0.310 e. The van der Waals surface area contributed by atoms with Crippen LogP contribution in [0.5, 0.6) is 5.75 Å². The predicted octanol–water partition coefficient (Wildman–Crippen LogP) is 2.27. The fourth-order valence-electron chi connectivity index (χ4n) is 1.39. The Balaban J connectivity index is 2.89. The van der Waals surface area contributed by atoms with E-state index in [1.54, 1.807) is 31.4 Å². The summed E-state index contributed by atoms with van der Waals surface area (Å²) in [5, 5.41) is 8.92. The van der Waals surface area contributed by atoms with Crippen molar-refractivity contribution in [3.8, 4) is 5.75 Å². The summed E-state index contributed by atoms with van der Waals surface area (Å²) in [4.78, 5) is 10.9. The summed E-state index contributed by atoms with van der Waals surface area (Å²) >= 11 is 0. The summed E-state index contributed by atoms with van der Waals surface area (Å²) in [5.41, 5.74) is 0.820. The third-order valence-electron chi connectivity index (χ3n) is 2.22. The Kier molecular flexibility index (Phi) is 3.51. The van der Waals surface area contributed by atoms with Gasteiger partial charge in [0.05, 0.1) is 13.0 Å². The lowest BCUT2D eigenvalue weighted by Crippen LogP contribution is -2.10. The van der Waals surface area contributed by atoms with E-state index in [-0.39, 0.29) is 0 Å². The van der Waals surface area contributed by atoms with E-state index in [0.717, 1.165) is 11.3 Å². The molecule has 1 N–H and O–H groups in total. The molecule has 0 heterocycles. The molecule has 14 heavy (non-hydrogen) atoms. The molecule has 1 rings (SSSR count). The monoisotopic (exact) mass is 194 g/mol. The van der Waals surface area contributed by atoms with Crippen molar-refractivity contribution < 1.29 is 14.6 Å². The highest BCUT2D eigenvalue weighted by Gasteiger charge is 2.16. The quantitative estimate of drug-likeness (QED) is 0.799. The number of ether oxygens (including phenoxy) is 1. The number of carbonyl (C=O) groups is 1. The summed E-state index contributed by atoms with van der Waals surface area (Å²) in [5.74, 6) is -0.451. The summed E-state index contributed by atoms with van der Waals surface area (Å²) in [6.07, 6.45) is 0.599. The number of hydrogen-bond donors (Lipinski definition) is 1. The number of methoxy groups -OCH3 is 1. The molecule has 0 aromatic heterocycles. The molecule has 0 bridgehead atoms. The van der Waals surface area contributed by atoms with Crippen LogP contribution in [0.1, 0.15) is 24.8 Å². The van der Waals surface area contributed by atoms with Crippen LogP contribution in [-0.2, 0) is 4.79 Å². The second-order valence-corrected chi connectivity index (χ2v) is 3.07. The molecule has 3 heteroatoms. The highest BCUT2D eigenvalue weighted by Crippen LogP contribution is 2.22. The summed E-state index contributed by atoms with van der Waals surface area (Å²) < 4.78 is 5.00. The van der Waals surface area contributed by atoms with Gasteiger partial charge in [-0.25, -0.2) is 0 Å². The zero-order valence-corrected chi connectivity index (χ0v) is 8.36. The maximum absolute atomic E-state index is 10.9. The van der Waals surface area contributed by atoms with E-state index < -0.39 is 11.9 Å².